The van der Waals surface area contributed by atoms with Crippen molar-refractivity contribution in [1.29, 1.82) is 0 Å². The summed E-state index contributed by atoms with van der Waals surface area (Å²) in [4.78, 5) is 61.5. The molecular weight excluding hydrogens is 768 g/mol. The molecule has 0 spiro atoms. The van der Waals surface area contributed by atoms with Crippen LogP contribution in [0.1, 0.15) is 72.6 Å². The second-order valence-electron chi connectivity index (χ2n) is 16.8. The van der Waals surface area contributed by atoms with Crippen molar-refractivity contribution in [3.05, 3.63) is 87.4 Å². The number of likely N-dealkylation sites (tertiary alicyclic amines) is 1. The number of amides is 3. The van der Waals surface area contributed by atoms with E-state index in [2.05, 4.69) is 31.8 Å². The van der Waals surface area contributed by atoms with E-state index >= 15 is 4.39 Å². The lowest BCUT2D eigenvalue weighted by atomic mass is 9.87. The molecule has 3 amide bonds. The lowest BCUT2D eigenvalue weighted by molar-refractivity contribution is -0.135. The molecule has 12 nitrogen and oxygen atoms in total. The van der Waals surface area contributed by atoms with Gasteiger partial charge in [0.05, 0.1) is 27.9 Å². The fourth-order valence-corrected chi connectivity index (χ4v) is 11.1. The number of piperidine rings is 3. The second-order valence-corrected chi connectivity index (χ2v) is 17.9. The molecule has 0 bridgehead atoms. The Hall–Kier alpha value is -5.60. The summed E-state index contributed by atoms with van der Waals surface area (Å²) in [5.41, 5.74) is 6.22. The predicted octanol–water partition coefficient (Wildman–Crippen LogP) is 6.53. The van der Waals surface area contributed by atoms with E-state index in [0.717, 1.165) is 107 Å². The first kappa shape index (κ1) is 37.7. The van der Waals surface area contributed by atoms with Crippen molar-refractivity contribution in [2.45, 2.75) is 63.5 Å². The van der Waals surface area contributed by atoms with Crippen LogP contribution in [-0.2, 0) is 16.6 Å². The number of carbonyl (C=O) groups is 3. The molecule has 7 heterocycles. The van der Waals surface area contributed by atoms with E-state index in [-0.39, 0.29) is 35.8 Å². The van der Waals surface area contributed by atoms with Gasteiger partial charge in [-0.15, -0.1) is 11.3 Å². The van der Waals surface area contributed by atoms with Crippen LogP contribution < -0.4 is 26.5 Å². The summed E-state index contributed by atoms with van der Waals surface area (Å²) in [6, 6.07) is 18.6. The normalized spacial score (nSPS) is 21.1. The highest BCUT2D eigenvalue weighted by Crippen LogP contribution is 2.42. The highest BCUT2D eigenvalue weighted by molar-refractivity contribution is 7.21. The summed E-state index contributed by atoms with van der Waals surface area (Å²) < 4.78 is 19.8. The Bertz CT molecular complexity index is 2740. The highest BCUT2D eigenvalue weighted by Gasteiger charge is 2.33. The first-order valence-corrected chi connectivity index (χ1v) is 21.6. The lowest BCUT2D eigenvalue weighted by Gasteiger charge is -2.38. The zero-order chi connectivity index (χ0) is 40.5. The van der Waals surface area contributed by atoms with Gasteiger partial charge in [-0.2, -0.15) is 0 Å². The monoisotopic (exact) mass is 814 g/mol. The zero-order valence-electron chi connectivity index (χ0n) is 33.2. The van der Waals surface area contributed by atoms with Gasteiger partial charge in [-0.1, -0.05) is 12.1 Å². The maximum absolute atomic E-state index is 15.5. The molecule has 1 unspecified atom stereocenters. The highest BCUT2D eigenvalue weighted by atomic mass is 32.1. The van der Waals surface area contributed by atoms with Gasteiger partial charge in [-0.3, -0.25) is 28.8 Å². The van der Waals surface area contributed by atoms with E-state index in [1.54, 1.807) is 22.2 Å². The van der Waals surface area contributed by atoms with Crippen molar-refractivity contribution in [1.82, 2.24) is 29.7 Å². The summed E-state index contributed by atoms with van der Waals surface area (Å²) in [6.07, 6.45) is 4.64. The van der Waals surface area contributed by atoms with Gasteiger partial charge in [0.25, 0.3) is 5.91 Å². The minimum absolute atomic E-state index is 0.0198. The minimum atomic E-state index is -0.691. The first-order valence-electron chi connectivity index (χ1n) is 20.8. The summed E-state index contributed by atoms with van der Waals surface area (Å²) in [5.74, 6) is -0.200. The molecule has 14 heteroatoms. The summed E-state index contributed by atoms with van der Waals surface area (Å²) in [5, 5.41) is 10.8. The molecule has 59 heavy (non-hydrogen) atoms. The molecule has 3 N–H and O–H groups in total. The molecule has 0 radical (unpaired) electrons. The van der Waals surface area contributed by atoms with Crippen LogP contribution in [0.25, 0.3) is 43.3 Å². The Labute approximate surface area is 344 Å². The summed E-state index contributed by atoms with van der Waals surface area (Å²) in [7, 11) is 1.78. The van der Waals surface area contributed by atoms with Crippen LogP contribution in [0.2, 0.25) is 0 Å². The van der Waals surface area contributed by atoms with Crippen LogP contribution in [0.4, 0.5) is 15.8 Å². The Morgan fingerprint density at radius 1 is 0.915 bits per heavy atom. The van der Waals surface area contributed by atoms with Crippen molar-refractivity contribution in [2.24, 2.45) is 13.0 Å². The second kappa shape index (κ2) is 14.9. The number of hydrogen-bond acceptors (Lipinski definition) is 9. The number of aryl methyl sites for hydroxylation is 1. The molecule has 2 atom stereocenters. The van der Waals surface area contributed by atoms with Gasteiger partial charge in [0.15, 0.2) is 0 Å². The fraction of sp³-hybridized carbons (Fsp3) is 0.400. The number of imide groups is 1. The molecule has 3 aromatic heterocycles. The Balaban J connectivity index is 0.790. The molecule has 10 rings (SSSR count). The van der Waals surface area contributed by atoms with Crippen LogP contribution >= 0.6 is 11.3 Å². The number of carbonyl (C=O) groups excluding carboxylic acids is 3. The Kier molecular flexibility index (Phi) is 9.51. The predicted molar refractivity (Wildman–Crippen MR) is 230 cm³/mol. The number of halogens is 1. The van der Waals surface area contributed by atoms with E-state index in [0.29, 0.717) is 40.9 Å². The SMILES string of the molecule is C[C@@H]1CNc2c(sc3ccc4nc(-c5cc(N6CCC(CN7CCC(c8cccc9c8n(C)c(=O)n9C8CCC(=O)NC8=O)CC7)CC6)ccc5F)ccc4c23)C(=O)N1. The number of anilines is 2. The average Bonchev–Trinajstić information content (AvgIpc) is 3.70. The Morgan fingerprint density at radius 2 is 1.73 bits per heavy atom. The van der Waals surface area contributed by atoms with Crippen molar-refractivity contribution >= 4 is 72.5 Å². The molecule has 0 saturated carbocycles. The van der Waals surface area contributed by atoms with Crippen molar-refractivity contribution in [3.8, 4) is 11.3 Å². The van der Waals surface area contributed by atoms with Crippen LogP contribution in [-0.4, -0.2) is 82.1 Å². The standard InChI is InChI=1S/C45H47FN8O4S/c1-25-23-47-40-39-30-7-9-34(49-33(30)10-12-37(39)59-42(40)44(57)48-25)31-22-28(6-8-32(31)46)53-20-14-26(15-21-53)24-52-18-16-27(17-19-52)29-4-3-5-35-41(29)51(2)45(58)54(35)36-11-13-38(55)50-43(36)56/h3-10,12,22,25-27,36,47H,11,13-21,23-24H2,1-2H3,(H,48,57)(H,50,55,56)/t25-,36?/m1/s1. The summed E-state index contributed by atoms with van der Waals surface area (Å²) >= 11 is 1.48. The number of imidazole rings is 1. The quantitative estimate of drug-likeness (QED) is 0.162. The first-order chi connectivity index (χ1) is 28.6. The van der Waals surface area contributed by atoms with E-state index < -0.39 is 11.9 Å². The summed E-state index contributed by atoms with van der Waals surface area (Å²) in [6.45, 7) is 7.43. The van der Waals surface area contributed by atoms with E-state index in [1.165, 1.54) is 11.3 Å². The third kappa shape index (κ3) is 6.66. The third-order valence-electron chi connectivity index (χ3n) is 13.1. The lowest BCUT2D eigenvalue weighted by Crippen LogP contribution is -2.44. The molecule has 304 valence electrons. The average molecular weight is 815 g/mol. The molecular formula is C45H47FN8O4S. The third-order valence-corrected chi connectivity index (χ3v) is 14.2. The van der Waals surface area contributed by atoms with Gasteiger partial charge in [0.1, 0.15) is 16.7 Å². The van der Waals surface area contributed by atoms with Crippen molar-refractivity contribution in [3.63, 3.8) is 0 Å². The number of nitrogens with one attached hydrogen (secondary N) is 3. The molecule has 3 aromatic carbocycles. The molecule has 0 aliphatic carbocycles. The number of pyridine rings is 1. The van der Waals surface area contributed by atoms with Gasteiger partial charge in [0.2, 0.25) is 11.8 Å². The maximum atomic E-state index is 15.5. The van der Waals surface area contributed by atoms with Crippen LogP contribution in [0, 0.1) is 11.7 Å². The number of rotatable bonds is 6. The number of fused-ring (bicyclic) bond motifs is 6. The van der Waals surface area contributed by atoms with Crippen molar-refractivity contribution in [2.75, 3.05) is 49.5 Å². The van der Waals surface area contributed by atoms with Crippen molar-refractivity contribution < 1.29 is 18.8 Å². The zero-order valence-corrected chi connectivity index (χ0v) is 34.0. The molecule has 4 aliphatic heterocycles. The number of hydrogen-bond donors (Lipinski definition) is 3. The smallest absolute Gasteiger partial charge is 0.329 e. The number of nitrogens with zero attached hydrogens (tertiary/aromatic N) is 5. The maximum Gasteiger partial charge on any atom is 0.329 e. The number of thiophene rings is 1. The van der Waals surface area contributed by atoms with Gasteiger partial charge < -0.3 is 20.4 Å². The number of benzene rings is 3. The van der Waals surface area contributed by atoms with Gasteiger partial charge in [-0.05, 0) is 118 Å². The van der Waals surface area contributed by atoms with Crippen LogP contribution in [0.5, 0.6) is 0 Å². The molecule has 3 saturated heterocycles. The van der Waals surface area contributed by atoms with Crippen LogP contribution in [0.15, 0.2) is 65.5 Å². The Morgan fingerprint density at radius 3 is 2.53 bits per heavy atom. The molecule has 6 aromatic rings. The van der Waals surface area contributed by atoms with Gasteiger partial charge in [0, 0.05) is 72.4 Å². The van der Waals surface area contributed by atoms with E-state index in [4.69, 9.17) is 4.98 Å². The topological polar surface area (TPSA) is 134 Å². The van der Waals surface area contributed by atoms with E-state index in [1.807, 2.05) is 55.5 Å². The molecule has 3 fully saturated rings. The van der Waals surface area contributed by atoms with Gasteiger partial charge in [-0.25, -0.2) is 14.2 Å². The molecule has 4 aliphatic rings. The number of aromatic nitrogens is 3. The largest absolute Gasteiger partial charge is 0.381 e. The minimum Gasteiger partial charge on any atom is -0.381 e. The number of para-hydroxylation sites is 1. The van der Waals surface area contributed by atoms with Gasteiger partial charge >= 0.3 is 5.69 Å². The van der Waals surface area contributed by atoms with E-state index in [9.17, 15) is 19.2 Å². The fourth-order valence-electron chi connectivity index (χ4n) is 9.98. The van der Waals surface area contributed by atoms with Crippen LogP contribution in [0.3, 0.4) is 0 Å².